The molecule has 1 aromatic heterocycles. The summed E-state index contributed by atoms with van der Waals surface area (Å²) in [5, 5.41) is 14.2. The van der Waals surface area contributed by atoms with Crippen molar-refractivity contribution in [3.05, 3.63) is 83.3 Å². The van der Waals surface area contributed by atoms with Crippen LogP contribution in [0, 0.1) is 0 Å². The number of aliphatic hydroxyl groups excluding tert-OH is 1. The molecule has 2 heterocycles. The minimum absolute atomic E-state index is 0.106. The first-order chi connectivity index (χ1) is 17.0. The lowest BCUT2D eigenvalue weighted by molar-refractivity contribution is -0.132. The van der Waals surface area contributed by atoms with Crippen LogP contribution in [0.1, 0.15) is 50.6 Å². The number of Topliss-reactive ketones (excluding diaryl/α,β-unsaturated/α-hetero) is 1. The summed E-state index contributed by atoms with van der Waals surface area (Å²) in [6, 6.07) is 14.2. The van der Waals surface area contributed by atoms with Gasteiger partial charge in [-0.1, -0.05) is 26.8 Å². The smallest absolute Gasteiger partial charge is 0.300 e. The van der Waals surface area contributed by atoms with Crippen molar-refractivity contribution in [1.82, 2.24) is 0 Å². The van der Waals surface area contributed by atoms with Gasteiger partial charge in [-0.2, -0.15) is 0 Å². The zero-order valence-corrected chi connectivity index (χ0v) is 20.8. The van der Waals surface area contributed by atoms with Crippen LogP contribution in [0.15, 0.2) is 70.9 Å². The molecule has 2 N–H and O–H groups in total. The van der Waals surface area contributed by atoms with Crippen molar-refractivity contribution in [2.24, 2.45) is 0 Å². The molecule has 4 rings (SSSR count). The van der Waals surface area contributed by atoms with Crippen LogP contribution < -0.4 is 15.0 Å². The van der Waals surface area contributed by atoms with E-state index in [0.717, 1.165) is 5.56 Å². The molecule has 0 spiro atoms. The molecule has 36 heavy (non-hydrogen) atoms. The standard InChI is InChI=1S/C28H28N2O6/c1-16(31)29-18-9-11-19(12-10-18)30-24(22-7-6-14-36-22)23(26(33)27(30)34)25(32)20-15-17(28(2,3)4)8-13-21(20)35-5/h6-15,24,32H,1-5H3,(H,29,31)/b25-23+. The molecule has 186 valence electrons. The number of nitrogens with one attached hydrogen (secondary N) is 1. The molecule has 1 aliphatic rings. The van der Waals surface area contributed by atoms with Gasteiger partial charge in [0.25, 0.3) is 11.7 Å². The SMILES string of the molecule is COc1ccc(C(C)(C)C)cc1/C(O)=C1\C(=O)C(=O)N(c2ccc(NC(C)=O)cc2)C1c1ccco1. The van der Waals surface area contributed by atoms with Gasteiger partial charge >= 0.3 is 0 Å². The molecule has 2 aromatic carbocycles. The zero-order valence-electron chi connectivity index (χ0n) is 20.8. The van der Waals surface area contributed by atoms with Gasteiger partial charge in [0.1, 0.15) is 23.3 Å². The van der Waals surface area contributed by atoms with E-state index >= 15 is 0 Å². The zero-order chi connectivity index (χ0) is 26.2. The summed E-state index contributed by atoms with van der Waals surface area (Å²) < 4.78 is 11.1. The van der Waals surface area contributed by atoms with Crippen LogP contribution in [-0.2, 0) is 19.8 Å². The van der Waals surface area contributed by atoms with E-state index in [4.69, 9.17) is 9.15 Å². The molecule has 8 heteroatoms. The Bertz CT molecular complexity index is 1350. The largest absolute Gasteiger partial charge is 0.507 e. The first kappa shape index (κ1) is 24.8. The number of ketones is 1. The molecule has 2 amide bonds. The molecular formula is C28H28N2O6. The third kappa shape index (κ3) is 4.49. The summed E-state index contributed by atoms with van der Waals surface area (Å²) >= 11 is 0. The second kappa shape index (κ2) is 9.37. The average molecular weight is 489 g/mol. The van der Waals surface area contributed by atoms with E-state index in [2.05, 4.69) is 5.32 Å². The Balaban J connectivity index is 1.90. The Labute approximate surface area is 209 Å². The van der Waals surface area contributed by atoms with Crippen LogP contribution in [0.5, 0.6) is 5.75 Å². The molecule has 0 aliphatic carbocycles. The molecule has 1 atom stereocenters. The van der Waals surface area contributed by atoms with E-state index in [-0.39, 0.29) is 22.7 Å². The lowest BCUT2D eigenvalue weighted by atomic mass is 9.85. The molecule has 1 aliphatic heterocycles. The number of amides is 2. The summed E-state index contributed by atoms with van der Waals surface area (Å²) in [5.74, 6) is -1.56. The third-order valence-electron chi connectivity index (χ3n) is 6.04. The second-order valence-corrected chi connectivity index (χ2v) is 9.58. The number of ether oxygens (including phenoxy) is 1. The number of furan rings is 1. The minimum Gasteiger partial charge on any atom is -0.507 e. The Kier molecular flexibility index (Phi) is 6.45. The molecule has 1 fully saturated rings. The monoisotopic (exact) mass is 488 g/mol. The Morgan fingerprint density at radius 1 is 1.08 bits per heavy atom. The summed E-state index contributed by atoms with van der Waals surface area (Å²) in [7, 11) is 1.47. The van der Waals surface area contributed by atoms with Gasteiger partial charge in [0, 0.05) is 18.3 Å². The number of hydrogen-bond donors (Lipinski definition) is 2. The molecule has 0 saturated carbocycles. The highest BCUT2D eigenvalue weighted by molar-refractivity contribution is 6.51. The normalized spacial score (nSPS) is 17.4. The van der Waals surface area contributed by atoms with Crippen LogP contribution in [0.3, 0.4) is 0 Å². The number of carbonyl (C=O) groups excluding carboxylic acids is 3. The minimum atomic E-state index is -1.00. The number of rotatable bonds is 5. The van der Waals surface area contributed by atoms with Crippen molar-refractivity contribution in [3.8, 4) is 5.75 Å². The number of nitrogens with zero attached hydrogens (tertiary/aromatic N) is 1. The van der Waals surface area contributed by atoms with Crippen LogP contribution in [-0.4, -0.2) is 29.8 Å². The van der Waals surface area contributed by atoms with E-state index in [1.54, 1.807) is 48.5 Å². The fourth-order valence-corrected chi connectivity index (χ4v) is 4.23. The van der Waals surface area contributed by atoms with Crippen molar-refractivity contribution in [1.29, 1.82) is 0 Å². The van der Waals surface area contributed by atoms with Gasteiger partial charge in [-0.25, -0.2) is 0 Å². The third-order valence-corrected chi connectivity index (χ3v) is 6.04. The predicted molar refractivity (Wildman–Crippen MR) is 136 cm³/mol. The molecule has 3 aromatic rings. The highest BCUT2D eigenvalue weighted by atomic mass is 16.5. The number of anilines is 2. The van der Waals surface area contributed by atoms with Gasteiger partial charge in [0.2, 0.25) is 5.91 Å². The Morgan fingerprint density at radius 2 is 1.78 bits per heavy atom. The van der Waals surface area contributed by atoms with Gasteiger partial charge in [0.05, 0.1) is 24.5 Å². The fraction of sp³-hybridized carbons (Fsp3) is 0.250. The summed E-state index contributed by atoms with van der Waals surface area (Å²) in [4.78, 5) is 39.3. The van der Waals surface area contributed by atoms with E-state index < -0.39 is 17.7 Å². The van der Waals surface area contributed by atoms with Crippen molar-refractivity contribution >= 4 is 34.7 Å². The predicted octanol–water partition coefficient (Wildman–Crippen LogP) is 5.17. The first-order valence-corrected chi connectivity index (χ1v) is 11.4. The second-order valence-electron chi connectivity index (χ2n) is 9.58. The average Bonchev–Trinajstić information content (AvgIpc) is 3.45. The van der Waals surface area contributed by atoms with Crippen molar-refractivity contribution in [2.45, 2.75) is 39.2 Å². The number of aliphatic hydroxyl groups is 1. The van der Waals surface area contributed by atoms with Gasteiger partial charge in [-0.15, -0.1) is 0 Å². The lowest BCUT2D eigenvalue weighted by Crippen LogP contribution is -2.29. The first-order valence-electron chi connectivity index (χ1n) is 11.4. The molecular weight excluding hydrogens is 460 g/mol. The van der Waals surface area contributed by atoms with Crippen molar-refractivity contribution in [3.63, 3.8) is 0 Å². The van der Waals surface area contributed by atoms with Gasteiger partial charge in [-0.3, -0.25) is 19.3 Å². The number of hydrogen-bond acceptors (Lipinski definition) is 6. The van der Waals surface area contributed by atoms with E-state index in [0.29, 0.717) is 28.4 Å². The summed E-state index contributed by atoms with van der Waals surface area (Å²) in [6.07, 6.45) is 1.44. The summed E-state index contributed by atoms with van der Waals surface area (Å²) in [5.41, 5.74) is 1.83. The number of methoxy groups -OCH3 is 1. The summed E-state index contributed by atoms with van der Waals surface area (Å²) in [6.45, 7) is 7.49. The van der Waals surface area contributed by atoms with E-state index in [1.165, 1.54) is 25.2 Å². The maximum atomic E-state index is 13.4. The highest BCUT2D eigenvalue weighted by Crippen LogP contribution is 2.44. The highest BCUT2D eigenvalue weighted by Gasteiger charge is 2.48. The van der Waals surface area contributed by atoms with Gasteiger partial charge in [-0.05, 0) is 59.5 Å². The van der Waals surface area contributed by atoms with E-state index in [1.807, 2.05) is 26.8 Å². The van der Waals surface area contributed by atoms with E-state index in [9.17, 15) is 19.5 Å². The quantitative estimate of drug-likeness (QED) is 0.291. The van der Waals surface area contributed by atoms with Crippen molar-refractivity contribution < 1.29 is 28.6 Å². The molecule has 0 radical (unpaired) electrons. The topological polar surface area (TPSA) is 109 Å². The van der Waals surface area contributed by atoms with Crippen LogP contribution in [0.2, 0.25) is 0 Å². The maximum absolute atomic E-state index is 13.4. The number of benzene rings is 2. The van der Waals surface area contributed by atoms with Crippen molar-refractivity contribution in [2.75, 3.05) is 17.3 Å². The Morgan fingerprint density at radius 3 is 2.33 bits per heavy atom. The molecule has 1 saturated heterocycles. The van der Waals surface area contributed by atoms with Crippen LogP contribution >= 0.6 is 0 Å². The lowest BCUT2D eigenvalue weighted by Gasteiger charge is -2.24. The molecule has 1 unspecified atom stereocenters. The molecule has 8 nitrogen and oxygen atoms in total. The van der Waals surface area contributed by atoms with Crippen LogP contribution in [0.4, 0.5) is 11.4 Å². The molecule has 0 bridgehead atoms. The number of carbonyl (C=O) groups is 3. The van der Waals surface area contributed by atoms with Crippen LogP contribution in [0.25, 0.3) is 5.76 Å². The van der Waals surface area contributed by atoms with Gasteiger partial charge < -0.3 is 19.6 Å². The fourth-order valence-electron chi connectivity index (χ4n) is 4.23. The maximum Gasteiger partial charge on any atom is 0.300 e. The Hall–Kier alpha value is -4.33. The van der Waals surface area contributed by atoms with Gasteiger partial charge in [0.15, 0.2) is 0 Å².